The molecule has 0 aliphatic heterocycles. The number of hydrogen-bond acceptors (Lipinski definition) is 1. The van der Waals surface area contributed by atoms with Gasteiger partial charge in [0.05, 0.1) is 6.10 Å². The van der Waals surface area contributed by atoms with Gasteiger partial charge in [-0.15, -0.1) is 6.58 Å². The molecule has 0 aliphatic rings. The molecule has 0 fully saturated rings. The first-order chi connectivity index (χ1) is 9.67. The molecule has 0 aromatic heterocycles. The molecule has 1 nitrogen and oxygen atoms in total. The fraction of sp³-hybridized carbons (Fsp3) is 0.579. The van der Waals surface area contributed by atoms with E-state index in [1.165, 1.54) is 5.56 Å². The normalized spacial score (nSPS) is 15.5. The summed E-state index contributed by atoms with van der Waals surface area (Å²) in [7, 11) is -1.73. The Bertz CT molecular complexity index is 431. The Morgan fingerprint density at radius 3 is 2.24 bits per heavy atom. The van der Waals surface area contributed by atoms with Crippen molar-refractivity contribution in [2.24, 2.45) is 5.92 Å². The Labute approximate surface area is 132 Å². The van der Waals surface area contributed by atoms with Crippen LogP contribution >= 0.6 is 0 Å². The van der Waals surface area contributed by atoms with Gasteiger partial charge in [0.1, 0.15) is 0 Å². The third kappa shape index (κ3) is 5.44. The molecule has 1 aromatic carbocycles. The lowest BCUT2D eigenvalue weighted by molar-refractivity contribution is 0.137. The van der Waals surface area contributed by atoms with Crippen LogP contribution in [0.5, 0.6) is 0 Å². The minimum atomic E-state index is -1.73. The van der Waals surface area contributed by atoms with E-state index >= 15 is 0 Å². The number of rotatable bonds is 7. The van der Waals surface area contributed by atoms with E-state index in [0.717, 1.165) is 12.8 Å². The molecule has 0 radical (unpaired) electrons. The summed E-state index contributed by atoms with van der Waals surface area (Å²) in [6.45, 7) is 17.7. The van der Waals surface area contributed by atoms with Crippen LogP contribution < -0.4 is 0 Å². The number of hydrogen-bond donors (Lipinski definition) is 0. The molecule has 0 amide bonds. The monoisotopic (exact) mass is 304 g/mol. The summed E-state index contributed by atoms with van der Waals surface area (Å²) < 4.78 is 6.64. The minimum absolute atomic E-state index is 0.249. The molecule has 0 heterocycles. The second kappa shape index (κ2) is 7.41. The summed E-state index contributed by atoms with van der Waals surface area (Å²) in [4.78, 5) is 0. The van der Waals surface area contributed by atoms with E-state index in [2.05, 4.69) is 77.7 Å². The lowest BCUT2D eigenvalue weighted by Gasteiger charge is -2.40. The zero-order valence-electron chi connectivity index (χ0n) is 14.6. The average Bonchev–Trinajstić information content (AvgIpc) is 2.42. The first-order valence-electron chi connectivity index (χ1n) is 8.01. The van der Waals surface area contributed by atoms with Crippen molar-refractivity contribution in [1.82, 2.24) is 0 Å². The Morgan fingerprint density at radius 2 is 1.76 bits per heavy atom. The van der Waals surface area contributed by atoms with Gasteiger partial charge in [-0.2, -0.15) is 0 Å². The van der Waals surface area contributed by atoms with Crippen molar-refractivity contribution in [3.8, 4) is 0 Å². The summed E-state index contributed by atoms with van der Waals surface area (Å²) in [6.07, 6.45) is 4.42. The van der Waals surface area contributed by atoms with Crippen LogP contribution in [-0.4, -0.2) is 14.4 Å². The number of benzene rings is 1. The van der Waals surface area contributed by atoms with Crippen LogP contribution in [0, 0.1) is 5.92 Å². The van der Waals surface area contributed by atoms with Crippen molar-refractivity contribution in [3.05, 3.63) is 48.6 Å². The van der Waals surface area contributed by atoms with Gasteiger partial charge < -0.3 is 4.43 Å². The second-order valence-electron chi connectivity index (χ2n) is 7.54. The quantitative estimate of drug-likeness (QED) is 0.455. The Balaban J connectivity index is 2.75. The molecule has 2 atom stereocenters. The van der Waals surface area contributed by atoms with Gasteiger partial charge in [0.15, 0.2) is 8.32 Å². The van der Waals surface area contributed by atoms with E-state index in [4.69, 9.17) is 4.43 Å². The van der Waals surface area contributed by atoms with Gasteiger partial charge in [-0.05, 0) is 42.5 Å². The van der Waals surface area contributed by atoms with Crippen molar-refractivity contribution in [2.45, 2.75) is 64.8 Å². The van der Waals surface area contributed by atoms with Gasteiger partial charge in [-0.25, -0.2) is 0 Å². The van der Waals surface area contributed by atoms with Crippen molar-refractivity contribution in [1.29, 1.82) is 0 Å². The fourth-order valence-corrected chi connectivity index (χ4v) is 3.53. The van der Waals surface area contributed by atoms with Crippen LogP contribution in [0.4, 0.5) is 0 Å². The maximum atomic E-state index is 6.64. The third-order valence-corrected chi connectivity index (χ3v) is 9.28. The molecule has 0 saturated carbocycles. The van der Waals surface area contributed by atoms with Crippen LogP contribution in [-0.2, 0) is 10.8 Å². The van der Waals surface area contributed by atoms with Gasteiger partial charge in [0.25, 0.3) is 0 Å². The standard InChI is InChI=1S/C19H32OSi/c1-8-16(2)18(20-21(6,7)19(3,4)5)15-14-17-12-10-9-11-13-17/h8-13,16,18H,1,14-15H2,2-7H3/t16-,18-/m0/s1. The minimum Gasteiger partial charge on any atom is -0.413 e. The van der Waals surface area contributed by atoms with Crippen LogP contribution in [0.25, 0.3) is 0 Å². The van der Waals surface area contributed by atoms with Gasteiger partial charge in [0.2, 0.25) is 0 Å². The third-order valence-electron chi connectivity index (χ3n) is 4.77. The number of aryl methyl sites for hydroxylation is 1. The van der Waals surface area contributed by atoms with Crippen LogP contribution in [0.1, 0.15) is 39.7 Å². The molecule has 0 N–H and O–H groups in total. The zero-order chi connectivity index (χ0) is 16.1. The van der Waals surface area contributed by atoms with E-state index in [-0.39, 0.29) is 11.1 Å². The Kier molecular flexibility index (Phi) is 6.42. The molecule has 0 bridgehead atoms. The molecule has 118 valence electrons. The second-order valence-corrected chi connectivity index (χ2v) is 12.3. The maximum Gasteiger partial charge on any atom is 0.192 e. The van der Waals surface area contributed by atoms with Crippen molar-refractivity contribution < 1.29 is 4.43 Å². The highest BCUT2D eigenvalue weighted by molar-refractivity contribution is 6.74. The highest BCUT2D eigenvalue weighted by Crippen LogP contribution is 2.38. The molecule has 0 unspecified atom stereocenters. The van der Waals surface area contributed by atoms with Crippen LogP contribution in [0.15, 0.2) is 43.0 Å². The van der Waals surface area contributed by atoms with E-state index in [1.807, 2.05) is 6.08 Å². The van der Waals surface area contributed by atoms with Gasteiger partial charge in [0, 0.05) is 0 Å². The molecule has 2 heteroatoms. The van der Waals surface area contributed by atoms with E-state index in [9.17, 15) is 0 Å². The molecule has 0 saturated heterocycles. The Morgan fingerprint density at radius 1 is 1.19 bits per heavy atom. The Hall–Kier alpha value is -0.863. The highest BCUT2D eigenvalue weighted by Gasteiger charge is 2.39. The van der Waals surface area contributed by atoms with E-state index < -0.39 is 8.32 Å². The van der Waals surface area contributed by atoms with Crippen molar-refractivity contribution >= 4 is 8.32 Å². The summed E-state index contributed by atoms with van der Waals surface area (Å²) >= 11 is 0. The predicted octanol–water partition coefficient (Wildman–Crippen LogP) is 5.83. The van der Waals surface area contributed by atoms with E-state index in [0.29, 0.717) is 5.92 Å². The largest absolute Gasteiger partial charge is 0.413 e. The molecule has 0 spiro atoms. The van der Waals surface area contributed by atoms with E-state index in [1.54, 1.807) is 0 Å². The SMILES string of the molecule is C=C[C@H](C)[C@H](CCc1ccccc1)O[Si](C)(C)C(C)(C)C. The first-order valence-corrected chi connectivity index (χ1v) is 10.9. The zero-order valence-corrected chi connectivity index (χ0v) is 15.6. The summed E-state index contributed by atoms with van der Waals surface area (Å²) in [6, 6.07) is 10.7. The summed E-state index contributed by atoms with van der Waals surface area (Å²) in [5.74, 6) is 0.392. The van der Waals surface area contributed by atoms with Crippen molar-refractivity contribution in [3.63, 3.8) is 0 Å². The van der Waals surface area contributed by atoms with Gasteiger partial charge in [-0.1, -0.05) is 64.1 Å². The van der Waals surface area contributed by atoms with Crippen LogP contribution in [0.3, 0.4) is 0 Å². The molecule has 1 aromatic rings. The maximum absolute atomic E-state index is 6.64. The molecule has 0 aliphatic carbocycles. The van der Waals surface area contributed by atoms with Gasteiger partial charge >= 0.3 is 0 Å². The smallest absolute Gasteiger partial charge is 0.192 e. The molecule has 21 heavy (non-hydrogen) atoms. The summed E-state index contributed by atoms with van der Waals surface area (Å²) in [5.41, 5.74) is 1.39. The molecular formula is C19H32OSi. The average molecular weight is 305 g/mol. The first kappa shape index (κ1) is 18.2. The lowest BCUT2D eigenvalue weighted by Crippen LogP contribution is -2.45. The highest BCUT2D eigenvalue weighted by atomic mass is 28.4. The van der Waals surface area contributed by atoms with Crippen molar-refractivity contribution in [2.75, 3.05) is 0 Å². The molecular weight excluding hydrogens is 272 g/mol. The van der Waals surface area contributed by atoms with Crippen LogP contribution in [0.2, 0.25) is 18.1 Å². The summed E-state index contributed by atoms with van der Waals surface area (Å²) in [5, 5.41) is 0.249. The predicted molar refractivity (Wildman–Crippen MR) is 96.2 cm³/mol. The molecule has 1 rings (SSSR count). The topological polar surface area (TPSA) is 9.23 Å². The lowest BCUT2D eigenvalue weighted by atomic mass is 9.98. The van der Waals surface area contributed by atoms with Gasteiger partial charge in [-0.3, -0.25) is 0 Å². The fourth-order valence-electron chi connectivity index (χ4n) is 2.09.